The number of aliphatic hydroxyl groups excluding tert-OH is 1. The number of unbranched alkanes of at least 4 members (excludes halogenated alkanes) is 2. The number of aliphatic hydroxyl groups is 1. The topological polar surface area (TPSA) is 223 Å². The quantitative estimate of drug-likeness (QED) is 0.111. The van der Waals surface area contributed by atoms with E-state index in [1.54, 1.807) is 13.8 Å². The summed E-state index contributed by atoms with van der Waals surface area (Å²) in [5.74, 6) is -3.53. The molecule has 5 atom stereocenters. The summed E-state index contributed by atoms with van der Waals surface area (Å²) in [6.07, 6.45) is 1.81. The van der Waals surface area contributed by atoms with E-state index >= 15 is 0 Å². The minimum absolute atomic E-state index is 0.207. The van der Waals surface area contributed by atoms with Crippen LogP contribution in [0.5, 0.6) is 0 Å². The third-order valence-corrected chi connectivity index (χ3v) is 5.18. The van der Waals surface area contributed by atoms with Gasteiger partial charge in [0.05, 0.1) is 12.1 Å². The van der Waals surface area contributed by atoms with Crippen LogP contribution < -0.4 is 33.2 Å². The van der Waals surface area contributed by atoms with Crippen LogP contribution >= 0.6 is 0 Å². The van der Waals surface area contributed by atoms with E-state index in [1.807, 2.05) is 0 Å². The molecule has 0 rings (SSSR count). The molecule has 0 aromatic carbocycles. The average molecular weight is 475 g/mol. The van der Waals surface area contributed by atoms with Crippen molar-refractivity contribution in [2.75, 3.05) is 13.1 Å². The second-order valence-electron chi connectivity index (χ2n) is 8.53. The Balaban J connectivity index is 5.34. The number of hydrogen-bond donors (Lipinski definition) is 8. The Labute approximate surface area is 195 Å². The molecule has 0 aliphatic heterocycles. The first-order valence-electron chi connectivity index (χ1n) is 11.4. The Morgan fingerprint density at radius 2 is 1.27 bits per heavy atom. The molecule has 0 radical (unpaired) electrons. The van der Waals surface area contributed by atoms with Gasteiger partial charge in [-0.05, 0) is 58.0 Å². The molecule has 0 fully saturated rings. The fraction of sp³-hybridized carbons (Fsp3) is 0.810. The Morgan fingerprint density at radius 3 is 1.73 bits per heavy atom. The number of nitrogens with one attached hydrogen (secondary N) is 3. The molecule has 12 nitrogen and oxygen atoms in total. The molecule has 0 heterocycles. The Morgan fingerprint density at radius 1 is 0.758 bits per heavy atom. The summed E-state index contributed by atoms with van der Waals surface area (Å²) in [7, 11) is 0. The van der Waals surface area contributed by atoms with Gasteiger partial charge in [-0.1, -0.05) is 20.3 Å². The fourth-order valence-corrected chi connectivity index (χ4v) is 3.10. The van der Waals surface area contributed by atoms with Gasteiger partial charge in [-0.15, -0.1) is 0 Å². The zero-order valence-electron chi connectivity index (χ0n) is 19.9. The number of amides is 3. The molecule has 0 aromatic heterocycles. The fourth-order valence-electron chi connectivity index (χ4n) is 3.10. The summed E-state index contributed by atoms with van der Waals surface area (Å²) in [6, 6.07) is -4.34. The second-order valence-corrected chi connectivity index (χ2v) is 8.53. The van der Waals surface area contributed by atoms with Crippen molar-refractivity contribution in [1.29, 1.82) is 0 Å². The normalized spacial score (nSPS) is 15.8. The van der Waals surface area contributed by atoms with Gasteiger partial charge in [0, 0.05) is 0 Å². The van der Waals surface area contributed by atoms with E-state index < -0.39 is 54.0 Å². The van der Waals surface area contributed by atoms with E-state index in [2.05, 4.69) is 16.0 Å². The summed E-state index contributed by atoms with van der Waals surface area (Å²) in [5, 5.41) is 26.3. The van der Waals surface area contributed by atoms with Crippen LogP contribution in [0.25, 0.3) is 0 Å². The number of aliphatic carboxylic acids is 1. The first-order chi connectivity index (χ1) is 15.5. The number of hydrogen-bond acceptors (Lipinski definition) is 8. The Bertz CT molecular complexity index is 630. The largest absolute Gasteiger partial charge is 0.480 e. The molecule has 192 valence electrons. The molecule has 5 unspecified atom stereocenters. The van der Waals surface area contributed by atoms with Gasteiger partial charge in [0.15, 0.2) is 6.04 Å². The molecule has 33 heavy (non-hydrogen) atoms. The lowest BCUT2D eigenvalue weighted by molar-refractivity contribution is -0.145. The van der Waals surface area contributed by atoms with Gasteiger partial charge in [0.2, 0.25) is 17.7 Å². The standard InChI is InChI=1S/C21H42N6O6/c1-12(2)16(26-18(29)14(24)8-4-6-10-22)20(31)25-15(9-5-7-11-23)19(30)27-17(13(3)28)21(32)33/h12-17,28H,4-11,22-24H2,1-3H3,(H,25,31)(H,26,29)(H,27,30)(H,32,33). The zero-order valence-corrected chi connectivity index (χ0v) is 19.9. The van der Waals surface area contributed by atoms with Crippen LogP contribution in [0, 0.1) is 5.92 Å². The van der Waals surface area contributed by atoms with Crippen LogP contribution in [-0.2, 0) is 19.2 Å². The minimum Gasteiger partial charge on any atom is -0.480 e. The number of carboxylic acid groups (broad SMARTS) is 1. The predicted molar refractivity (Wildman–Crippen MR) is 124 cm³/mol. The molecular formula is C21H42N6O6. The lowest BCUT2D eigenvalue weighted by Crippen LogP contribution is -2.59. The maximum absolute atomic E-state index is 13.0. The molecule has 11 N–H and O–H groups in total. The highest BCUT2D eigenvalue weighted by Crippen LogP contribution is 2.08. The Hall–Kier alpha value is -2.28. The predicted octanol–water partition coefficient (Wildman–Crippen LogP) is -1.85. The molecular weight excluding hydrogens is 432 g/mol. The first kappa shape index (κ1) is 30.7. The number of carbonyl (C=O) groups excluding carboxylic acids is 3. The SMILES string of the molecule is CC(C)C(NC(=O)C(N)CCCCN)C(=O)NC(CCCCN)C(=O)NC(C(=O)O)C(C)O. The number of carboxylic acids is 1. The highest BCUT2D eigenvalue weighted by Gasteiger charge is 2.32. The molecule has 0 aliphatic rings. The smallest absolute Gasteiger partial charge is 0.328 e. The summed E-state index contributed by atoms with van der Waals surface area (Å²) in [6.45, 7) is 5.60. The van der Waals surface area contributed by atoms with E-state index in [9.17, 15) is 29.4 Å². The van der Waals surface area contributed by atoms with Crippen molar-refractivity contribution in [2.24, 2.45) is 23.1 Å². The molecule has 12 heteroatoms. The molecule has 0 aliphatic carbocycles. The highest BCUT2D eigenvalue weighted by molar-refractivity contribution is 5.94. The summed E-state index contributed by atoms with van der Waals surface area (Å²) in [5.41, 5.74) is 16.9. The van der Waals surface area contributed by atoms with E-state index in [0.29, 0.717) is 38.8 Å². The molecule has 0 spiro atoms. The van der Waals surface area contributed by atoms with Crippen LogP contribution in [0.3, 0.4) is 0 Å². The summed E-state index contributed by atoms with van der Waals surface area (Å²) < 4.78 is 0. The van der Waals surface area contributed by atoms with Gasteiger partial charge < -0.3 is 43.4 Å². The second kappa shape index (κ2) is 16.4. The lowest BCUT2D eigenvalue weighted by atomic mass is 10.0. The van der Waals surface area contributed by atoms with Crippen molar-refractivity contribution < 1.29 is 29.4 Å². The number of nitrogens with two attached hydrogens (primary N) is 3. The minimum atomic E-state index is -1.53. The number of rotatable bonds is 17. The molecule has 3 amide bonds. The van der Waals surface area contributed by atoms with Gasteiger partial charge in [0.1, 0.15) is 12.1 Å². The van der Waals surface area contributed by atoms with Gasteiger partial charge in [-0.3, -0.25) is 14.4 Å². The molecule has 0 saturated carbocycles. The zero-order chi connectivity index (χ0) is 25.6. The van der Waals surface area contributed by atoms with Crippen molar-refractivity contribution in [1.82, 2.24) is 16.0 Å². The maximum Gasteiger partial charge on any atom is 0.328 e. The van der Waals surface area contributed by atoms with Crippen molar-refractivity contribution >= 4 is 23.7 Å². The van der Waals surface area contributed by atoms with E-state index in [-0.39, 0.29) is 12.3 Å². The van der Waals surface area contributed by atoms with Gasteiger partial charge in [-0.25, -0.2) is 4.79 Å². The molecule has 0 bridgehead atoms. The van der Waals surface area contributed by atoms with Crippen LogP contribution in [-0.4, -0.2) is 77.3 Å². The van der Waals surface area contributed by atoms with Gasteiger partial charge >= 0.3 is 5.97 Å². The third kappa shape index (κ3) is 11.9. The van der Waals surface area contributed by atoms with E-state index in [1.165, 1.54) is 6.92 Å². The monoisotopic (exact) mass is 474 g/mol. The van der Waals surface area contributed by atoms with Crippen LogP contribution in [0.2, 0.25) is 0 Å². The third-order valence-electron chi connectivity index (χ3n) is 5.18. The van der Waals surface area contributed by atoms with Gasteiger partial charge in [0.25, 0.3) is 0 Å². The molecule has 0 saturated heterocycles. The molecule has 0 aromatic rings. The first-order valence-corrected chi connectivity index (χ1v) is 11.4. The van der Waals surface area contributed by atoms with Crippen molar-refractivity contribution in [3.05, 3.63) is 0 Å². The van der Waals surface area contributed by atoms with Crippen molar-refractivity contribution in [3.8, 4) is 0 Å². The van der Waals surface area contributed by atoms with Crippen LogP contribution in [0.4, 0.5) is 0 Å². The maximum atomic E-state index is 13.0. The lowest BCUT2D eigenvalue weighted by Gasteiger charge is -2.27. The van der Waals surface area contributed by atoms with E-state index in [0.717, 1.165) is 6.42 Å². The Kier molecular flexibility index (Phi) is 15.2. The van der Waals surface area contributed by atoms with Crippen LogP contribution in [0.1, 0.15) is 59.3 Å². The van der Waals surface area contributed by atoms with E-state index in [4.69, 9.17) is 17.2 Å². The van der Waals surface area contributed by atoms with Crippen LogP contribution in [0.15, 0.2) is 0 Å². The van der Waals surface area contributed by atoms with Crippen molar-refractivity contribution in [2.45, 2.75) is 89.6 Å². The number of carbonyl (C=O) groups is 4. The van der Waals surface area contributed by atoms with Gasteiger partial charge in [-0.2, -0.15) is 0 Å². The summed E-state index contributed by atoms with van der Waals surface area (Å²) >= 11 is 0. The highest BCUT2D eigenvalue weighted by atomic mass is 16.4. The average Bonchev–Trinajstić information content (AvgIpc) is 2.73. The summed E-state index contributed by atoms with van der Waals surface area (Å²) in [4.78, 5) is 49.4. The van der Waals surface area contributed by atoms with Crippen molar-refractivity contribution in [3.63, 3.8) is 0 Å².